The molecule has 0 amide bonds. The number of phosphoric ester groups is 1. The average Bonchev–Trinajstić information content (AvgIpc) is 3.61. The second kappa shape index (κ2) is 14.7. The molecule has 2 aromatic carbocycles. The van der Waals surface area contributed by atoms with E-state index in [0.717, 1.165) is 5.56 Å². The fourth-order valence-electron chi connectivity index (χ4n) is 5.00. The summed E-state index contributed by atoms with van der Waals surface area (Å²) in [5.41, 5.74) is 6.76. The Morgan fingerprint density at radius 1 is 1.02 bits per heavy atom. The second-order valence-corrected chi connectivity index (χ2v) is 12.1. The minimum absolute atomic E-state index is 0.120. The van der Waals surface area contributed by atoms with Gasteiger partial charge in [-0.15, -0.1) is 0 Å². The van der Waals surface area contributed by atoms with Crippen molar-refractivity contribution in [3.63, 3.8) is 0 Å². The van der Waals surface area contributed by atoms with Gasteiger partial charge in [-0.3, -0.25) is 18.6 Å². The minimum atomic E-state index is -4.35. The highest BCUT2D eigenvalue weighted by Gasteiger charge is 2.57. The van der Waals surface area contributed by atoms with Gasteiger partial charge in [-0.2, -0.15) is 5.10 Å². The van der Waals surface area contributed by atoms with E-state index in [4.69, 9.17) is 28.8 Å². The number of hydrogen-bond donors (Lipinski definition) is 4. The Morgan fingerprint density at radius 3 is 2.38 bits per heavy atom. The first-order valence-corrected chi connectivity index (χ1v) is 15.6. The molecule has 1 aliphatic heterocycles. The van der Waals surface area contributed by atoms with Crippen LogP contribution in [0.4, 0.5) is 5.82 Å². The summed E-state index contributed by atoms with van der Waals surface area (Å²) >= 11 is 0. The molecule has 45 heavy (non-hydrogen) atoms. The van der Waals surface area contributed by atoms with Crippen LogP contribution in [0.25, 0.3) is 5.52 Å². The zero-order chi connectivity index (χ0) is 31.9. The molecule has 3 heterocycles. The van der Waals surface area contributed by atoms with Crippen molar-refractivity contribution in [2.24, 2.45) is 4.99 Å². The van der Waals surface area contributed by atoms with Gasteiger partial charge in [-0.25, -0.2) is 14.1 Å². The molecular weight excluding hydrogens is 605 g/mol. The van der Waals surface area contributed by atoms with Crippen LogP contribution in [0.1, 0.15) is 16.8 Å². The standard InChI is InChI=1S/C30H36N5O9P/c1-32-19-30(26-13-12-24-29(31)33-20-34-35(24)26)28(38)27(37)25(44-30)18-43-45(39,41-16-22-10-6-3-7-11-22)42-17-23(14-36)40-15-21-8-4-2-5-9-21/h2-13,20,23,25,27-28,36-38H,1,14-19H2,(H2,31,33,34)/t23-,25-,27?,28?,30+,45?/m1/s1. The summed E-state index contributed by atoms with van der Waals surface area (Å²) in [5.74, 6) is 0.202. The summed E-state index contributed by atoms with van der Waals surface area (Å²) in [4.78, 5) is 7.92. The zero-order valence-electron chi connectivity index (χ0n) is 24.4. The molecule has 6 atom stereocenters. The lowest BCUT2D eigenvalue weighted by molar-refractivity contribution is -0.0958. The van der Waals surface area contributed by atoms with E-state index < -0.39 is 51.1 Å². The Kier molecular flexibility index (Phi) is 10.7. The first kappa shape index (κ1) is 32.8. The van der Waals surface area contributed by atoms with E-state index >= 15 is 0 Å². The van der Waals surface area contributed by atoms with Gasteiger partial charge in [-0.05, 0) is 30.0 Å². The van der Waals surface area contributed by atoms with Crippen LogP contribution in [0.15, 0.2) is 84.1 Å². The first-order chi connectivity index (χ1) is 21.8. The molecular formula is C30H36N5O9P. The number of fused-ring (bicyclic) bond motifs is 1. The van der Waals surface area contributed by atoms with Crippen molar-refractivity contribution in [3.8, 4) is 0 Å². The Bertz CT molecular complexity index is 1590. The normalized spacial score (nSPS) is 23.6. The van der Waals surface area contributed by atoms with E-state index in [9.17, 15) is 19.9 Å². The van der Waals surface area contributed by atoms with Gasteiger partial charge in [0.25, 0.3) is 0 Å². The SMILES string of the molecule is C=NC[C@@]1(c2ccc3c(N)ncnn23)O[C@H](COP(=O)(OCc2ccccc2)OC[C@@H](CO)OCc2ccccc2)C(O)C1O. The van der Waals surface area contributed by atoms with Crippen LogP contribution in [-0.2, 0) is 46.4 Å². The number of anilines is 1. The average molecular weight is 642 g/mol. The van der Waals surface area contributed by atoms with Crippen LogP contribution in [0, 0.1) is 0 Å². The van der Waals surface area contributed by atoms with Gasteiger partial charge in [0, 0.05) is 0 Å². The number of nitrogen functional groups attached to an aromatic ring is 1. The van der Waals surface area contributed by atoms with Crippen molar-refractivity contribution in [2.75, 3.05) is 32.1 Å². The third-order valence-corrected chi connectivity index (χ3v) is 8.76. The summed E-state index contributed by atoms with van der Waals surface area (Å²) in [7, 11) is -4.35. The summed E-state index contributed by atoms with van der Waals surface area (Å²) in [6.07, 6.45) is -3.81. The highest BCUT2D eigenvalue weighted by molar-refractivity contribution is 7.48. The number of aliphatic hydroxyl groups excluding tert-OH is 3. The molecule has 4 aromatic rings. The van der Waals surface area contributed by atoms with Crippen LogP contribution < -0.4 is 5.73 Å². The highest BCUT2D eigenvalue weighted by atomic mass is 31.2. The molecule has 14 nitrogen and oxygen atoms in total. The summed E-state index contributed by atoms with van der Waals surface area (Å²) in [5, 5.41) is 36.4. The number of aromatic nitrogens is 3. The molecule has 1 fully saturated rings. The van der Waals surface area contributed by atoms with Crippen molar-refractivity contribution in [2.45, 2.75) is 43.2 Å². The Balaban J connectivity index is 1.31. The van der Waals surface area contributed by atoms with Crippen molar-refractivity contribution in [1.82, 2.24) is 14.6 Å². The number of nitrogens with two attached hydrogens (primary N) is 1. The van der Waals surface area contributed by atoms with Crippen molar-refractivity contribution < 1.29 is 42.9 Å². The van der Waals surface area contributed by atoms with Crippen LogP contribution in [-0.4, -0.2) is 87.4 Å². The lowest BCUT2D eigenvalue weighted by Gasteiger charge is -2.30. The Hall–Kier alpha value is -3.56. The molecule has 5 rings (SSSR count). The molecule has 0 bridgehead atoms. The smallest absolute Gasteiger partial charge is 0.394 e. The number of benzene rings is 2. The third kappa shape index (κ3) is 7.47. The van der Waals surface area contributed by atoms with Gasteiger partial charge in [0.15, 0.2) is 11.4 Å². The maximum atomic E-state index is 13.9. The fraction of sp³-hybridized carbons (Fsp3) is 0.367. The van der Waals surface area contributed by atoms with E-state index in [1.165, 1.54) is 10.8 Å². The quantitative estimate of drug-likeness (QED) is 0.103. The molecule has 3 unspecified atom stereocenters. The topological polar surface area (TPSA) is 192 Å². The van der Waals surface area contributed by atoms with Gasteiger partial charge < -0.3 is 30.5 Å². The van der Waals surface area contributed by atoms with Crippen molar-refractivity contribution in [3.05, 3.63) is 95.9 Å². The molecule has 0 saturated carbocycles. The molecule has 240 valence electrons. The van der Waals surface area contributed by atoms with E-state index in [1.54, 1.807) is 36.4 Å². The number of nitrogens with zero attached hydrogens (tertiary/aromatic N) is 4. The highest BCUT2D eigenvalue weighted by Crippen LogP contribution is 2.51. The van der Waals surface area contributed by atoms with Crippen LogP contribution in [0.5, 0.6) is 0 Å². The Morgan fingerprint density at radius 2 is 1.71 bits per heavy atom. The van der Waals surface area contributed by atoms with Gasteiger partial charge in [0.05, 0.1) is 45.3 Å². The number of phosphoric acid groups is 1. The van der Waals surface area contributed by atoms with Crippen LogP contribution in [0.2, 0.25) is 0 Å². The zero-order valence-corrected chi connectivity index (χ0v) is 25.3. The number of ether oxygens (including phenoxy) is 2. The first-order valence-electron chi connectivity index (χ1n) is 14.2. The monoisotopic (exact) mass is 641 g/mol. The van der Waals surface area contributed by atoms with Gasteiger partial charge in [-0.1, -0.05) is 60.7 Å². The number of aliphatic imine (C=N–C) groups is 1. The third-order valence-electron chi connectivity index (χ3n) is 7.39. The fourth-order valence-corrected chi connectivity index (χ4v) is 6.21. The molecule has 2 aromatic heterocycles. The van der Waals surface area contributed by atoms with E-state index in [1.807, 2.05) is 36.4 Å². The van der Waals surface area contributed by atoms with Crippen molar-refractivity contribution >= 4 is 25.9 Å². The predicted molar refractivity (Wildman–Crippen MR) is 163 cm³/mol. The number of aliphatic hydroxyl groups is 3. The van der Waals surface area contributed by atoms with Crippen LogP contribution in [0.3, 0.4) is 0 Å². The largest absolute Gasteiger partial charge is 0.475 e. The lowest BCUT2D eigenvalue weighted by atomic mass is 9.91. The minimum Gasteiger partial charge on any atom is -0.394 e. The summed E-state index contributed by atoms with van der Waals surface area (Å²) < 4.78 is 44.2. The number of hydrogen-bond acceptors (Lipinski definition) is 13. The maximum absolute atomic E-state index is 13.9. The predicted octanol–water partition coefficient (Wildman–Crippen LogP) is 2.26. The van der Waals surface area contributed by atoms with Crippen LogP contribution >= 0.6 is 7.82 Å². The van der Waals surface area contributed by atoms with Gasteiger partial charge in [0.1, 0.15) is 36.3 Å². The summed E-state index contributed by atoms with van der Waals surface area (Å²) in [6.45, 7) is 2.21. The van der Waals surface area contributed by atoms with E-state index in [-0.39, 0.29) is 32.2 Å². The molecule has 15 heteroatoms. The van der Waals surface area contributed by atoms with E-state index in [0.29, 0.717) is 16.8 Å². The maximum Gasteiger partial charge on any atom is 0.475 e. The lowest BCUT2D eigenvalue weighted by Crippen LogP contribution is -2.44. The Labute approximate surface area is 259 Å². The molecule has 0 radical (unpaired) electrons. The van der Waals surface area contributed by atoms with Gasteiger partial charge in [0.2, 0.25) is 0 Å². The van der Waals surface area contributed by atoms with Crippen molar-refractivity contribution in [1.29, 1.82) is 0 Å². The molecule has 0 spiro atoms. The molecule has 1 aliphatic rings. The summed E-state index contributed by atoms with van der Waals surface area (Å²) in [6, 6.07) is 21.6. The molecule has 1 saturated heterocycles. The molecule has 0 aliphatic carbocycles. The van der Waals surface area contributed by atoms with E-state index in [2.05, 4.69) is 21.8 Å². The second-order valence-electron chi connectivity index (χ2n) is 10.4. The number of rotatable bonds is 16. The molecule has 5 N–H and O–H groups in total. The van der Waals surface area contributed by atoms with Gasteiger partial charge >= 0.3 is 7.82 Å².